The first kappa shape index (κ1) is 19.1. The van der Waals surface area contributed by atoms with Crippen LogP contribution in [0.1, 0.15) is 25.8 Å². The third-order valence-electron chi connectivity index (χ3n) is 3.57. The number of hydrogen-bond acceptors (Lipinski definition) is 2. The minimum atomic E-state index is 0.121. The molecule has 1 atom stereocenters. The zero-order chi connectivity index (χ0) is 17.2. The number of carbonyl (C=O) groups is 1. The van der Waals surface area contributed by atoms with Crippen LogP contribution in [0.5, 0.6) is 0 Å². The van der Waals surface area contributed by atoms with Gasteiger partial charge in [-0.05, 0) is 31.1 Å². The van der Waals surface area contributed by atoms with Crippen molar-refractivity contribution in [3.05, 3.63) is 78.0 Å². The summed E-state index contributed by atoms with van der Waals surface area (Å²) in [5, 5.41) is 0. The molecule has 23 heavy (non-hydrogen) atoms. The van der Waals surface area contributed by atoms with Crippen LogP contribution in [0.2, 0.25) is 0 Å². The molecule has 0 radical (unpaired) electrons. The monoisotopic (exact) mass is 328 g/mol. The molecule has 0 aromatic heterocycles. The predicted octanol–water partition coefficient (Wildman–Crippen LogP) is 4.07. The van der Waals surface area contributed by atoms with Crippen LogP contribution in [0.4, 0.5) is 0 Å². The van der Waals surface area contributed by atoms with Gasteiger partial charge in [0.2, 0.25) is 5.91 Å². The first-order chi connectivity index (χ1) is 11.2. The third-order valence-corrected chi connectivity index (χ3v) is 3.57. The van der Waals surface area contributed by atoms with Crippen LogP contribution in [0.15, 0.2) is 72.5 Å². The molecular formula is C19H25N2OP. The number of carbonyl (C=O) groups excluding carboxylic acids is 1. The van der Waals surface area contributed by atoms with Gasteiger partial charge >= 0.3 is 0 Å². The summed E-state index contributed by atoms with van der Waals surface area (Å²) in [6.07, 6.45) is 8.21. The minimum absolute atomic E-state index is 0.121. The average Bonchev–Trinajstić information content (AvgIpc) is 2.74. The third kappa shape index (κ3) is 4.51. The Bertz CT molecular complexity index is 630. The predicted molar refractivity (Wildman–Crippen MR) is 102 cm³/mol. The molecule has 1 aromatic carbocycles. The number of benzene rings is 1. The Morgan fingerprint density at radius 3 is 2.48 bits per heavy atom. The largest absolute Gasteiger partial charge is 0.314 e. The molecule has 2 rings (SSSR count). The molecule has 0 spiro atoms. The summed E-state index contributed by atoms with van der Waals surface area (Å²) < 4.78 is 0. The van der Waals surface area contributed by atoms with Crippen LogP contribution in [0.3, 0.4) is 0 Å². The SMILES string of the molecule is C=CC1=C(/C=C\C)N(CC)C(=O)CC=C1c1ccccc1.NP. The fourth-order valence-electron chi connectivity index (χ4n) is 2.62. The lowest BCUT2D eigenvalue weighted by atomic mass is 9.95. The van der Waals surface area contributed by atoms with Crippen molar-refractivity contribution in [1.82, 2.24) is 4.90 Å². The number of hydrogen-bond donors (Lipinski definition) is 1. The molecule has 1 unspecified atom stereocenters. The van der Waals surface area contributed by atoms with E-state index in [2.05, 4.69) is 24.2 Å². The maximum atomic E-state index is 12.3. The highest BCUT2D eigenvalue weighted by atomic mass is 31.0. The van der Waals surface area contributed by atoms with Crippen molar-refractivity contribution < 1.29 is 4.79 Å². The van der Waals surface area contributed by atoms with Gasteiger partial charge in [-0.25, -0.2) is 0 Å². The van der Waals surface area contributed by atoms with Gasteiger partial charge in [-0.2, -0.15) is 0 Å². The van der Waals surface area contributed by atoms with Gasteiger partial charge in [-0.15, -0.1) is 0 Å². The molecule has 0 saturated carbocycles. The number of nitrogens with two attached hydrogens (primary N) is 1. The lowest BCUT2D eigenvalue weighted by Crippen LogP contribution is -2.28. The maximum Gasteiger partial charge on any atom is 0.230 e. The van der Waals surface area contributed by atoms with E-state index in [0.29, 0.717) is 13.0 Å². The van der Waals surface area contributed by atoms with Crippen molar-refractivity contribution in [2.45, 2.75) is 20.3 Å². The summed E-state index contributed by atoms with van der Waals surface area (Å²) in [4.78, 5) is 14.2. The molecule has 122 valence electrons. The standard InChI is InChI=1S/C19H21NO.H4NP/c1-4-10-18-16(5-2)17(15-11-8-7-9-12-15)13-14-19(21)20(18)6-3;1-2/h4-5,7-13H,2,6,14H2,1,3H3;1-2H2/b10-4-;. The van der Waals surface area contributed by atoms with Crippen molar-refractivity contribution in [3.8, 4) is 0 Å². The van der Waals surface area contributed by atoms with Crippen LogP contribution in [-0.4, -0.2) is 17.4 Å². The molecule has 0 fully saturated rings. The molecule has 0 aliphatic carbocycles. The van der Waals surface area contributed by atoms with E-state index in [9.17, 15) is 4.79 Å². The van der Waals surface area contributed by atoms with E-state index in [1.807, 2.05) is 70.6 Å². The van der Waals surface area contributed by atoms with Crippen LogP contribution in [0, 0.1) is 0 Å². The average molecular weight is 328 g/mol. The van der Waals surface area contributed by atoms with E-state index in [-0.39, 0.29) is 5.91 Å². The molecule has 2 N–H and O–H groups in total. The van der Waals surface area contributed by atoms with Crippen molar-refractivity contribution in [3.63, 3.8) is 0 Å². The second-order valence-corrected chi connectivity index (χ2v) is 4.83. The van der Waals surface area contributed by atoms with Gasteiger partial charge < -0.3 is 10.4 Å². The van der Waals surface area contributed by atoms with Gasteiger partial charge in [0.15, 0.2) is 0 Å². The van der Waals surface area contributed by atoms with Crippen molar-refractivity contribution in [1.29, 1.82) is 0 Å². The molecule has 4 heteroatoms. The normalized spacial score (nSPS) is 15.0. The summed E-state index contributed by atoms with van der Waals surface area (Å²) in [7, 11) is 1.92. The first-order valence-corrected chi connectivity index (χ1v) is 8.28. The van der Waals surface area contributed by atoms with Gasteiger partial charge in [-0.1, -0.05) is 64.5 Å². The lowest BCUT2D eigenvalue weighted by Gasteiger charge is -2.22. The Morgan fingerprint density at radius 2 is 1.96 bits per heavy atom. The minimum Gasteiger partial charge on any atom is -0.314 e. The van der Waals surface area contributed by atoms with E-state index < -0.39 is 0 Å². The van der Waals surface area contributed by atoms with Crippen LogP contribution < -0.4 is 5.50 Å². The Morgan fingerprint density at radius 1 is 1.30 bits per heavy atom. The lowest BCUT2D eigenvalue weighted by molar-refractivity contribution is -0.127. The molecular weight excluding hydrogens is 303 g/mol. The highest BCUT2D eigenvalue weighted by Crippen LogP contribution is 2.32. The molecule has 1 aliphatic heterocycles. The van der Waals surface area contributed by atoms with Crippen molar-refractivity contribution >= 4 is 20.9 Å². The molecule has 1 heterocycles. The van der Waals surface area contributed by atoms with E-state index >= 15 is 0 Å². The number of allylic oxidation sites excluding steroid dienone is 5. The van der Waals surface area contributed by atoms with Gasteiger partial charge in [0, 0.05) is 18.5 Å². The summed E-state index contributed by atoms with van der Waals surface area (Å²) in [5.74, 6) is 0.121. The fraction of sp³-hybridized carbons (Fsp3) is 0.211. The van der Waals surface area contributed by atoms with Crippen LogP contribution >= 0.6 is 9.39 Å². The molecule has 1 aromatic rings. The quantitative estimate of drug-likeness (QED) is 0.847. The van der Waals surface area contributed by atoms with Crippen LogP contribution in [0.25, 0.3) is 5.57 Å². The van der Waals surface area contributed by atoms with Gasteiger partial charge in [0.05, 0.1) is 5.70 Å². The number of nitrogens with zero attached hydrogens (tertiary/aromatic N) is 1. The topological polar surface area (TPSA) is 46.3 Å². The summed E-state index contributed by atoms with van der Waals surface area (Å²) in [5.41, 5.74) is 8.53. The Hall–Kier alpha value is -1.96. The maximum absolute atomic E-state index is 12.3. The fourth-order valence-corrected chi connectivity index (χ4v) is 2.62. The van der Waals surface area contributed by atoms with Gasteiger partial charge in [0.1, 0.15) is 0 Å². The van der Waals surface area contributed by atoms with Crippen molar-refractivity contribution in [2.75, 3.05) is 6.54 Å². The van der Waals surface area contributed by atoms with E-state index in [1.54, 1.807) is 0 Å². The second kappa shape index (κ2) is 9.94. The molecule has 1 amide bonds. The smallest absolute Gasteiger partial charge is 0.230 e. The zero-order valence-corrected chi connectivity index (χ0v) is 15.0. The number of rotatable bonds is 4. The molecule has 0 bridgehead atoms. The van der Waals surface area contributed by atoms with Gasteiger partial charge in [0.25, 0.3) is 0 Å². The van der Waals surface area contributed by atoms with E-state index in [0.717, 1.165) is 22.4 Å². The Kier molecular flexibility index (Phi) is 8.25. The molecule has 0 saturated heterocycles. The highest BCUT2D eigenvalue weighted by Gasteiger charge is 2.22. The number of likely N-dealkylation sites (N-methyl/N-ethyl adjacent to an activating group) is 1. The van der Waals surface area contributed by atoms with Gasteiger partial charge in [-0.3, -0.25) is 4.79 Å². The molecule has 1 aliphatic rings. The summed E-state index contributed by atoms with van der Waals surface area (Å²) in [6.45, 7) is 8.57. The van der Waals surface area contributed by atoms with E-state index in [4.69, 9.17) is 0 Å². The highest BCUT2D eigenvalue weighted by molar-refractivity contribution is 7.13. The second-order valence-electron chi connectivity index (χ2n) is 4.83. The van der Waals surface area contributed by atoms with Crippen molar-refractivity contribution in [2.24, 2.45) is 5.50 Å². The Balaban J connectivity index is 0.00000127. The zero-order valence-electron chi connectivity index (χ0n) is 13.8. The Labute approximate surface area is 141 Å². The number of amides is 1. The summed E-state index contributed by atoms with van der Waals surface area (Å²) in [6, 6.07) is 10.1. The molecule has 3 nitrogen and oxygen atoms in total. The summed E-state index contributed by atoms with van der Waals surface area (Å²) >= 11 is 0. The van der Waals surface area contributed by atoms with E-state index in [1.165, 1.54) is 0 Å². The first-order valence-electron chi connectivity index (χ1n) is 7.62. The van der Waals surface area contributed by atoms with Crippen LogP contribution in [-0.2, 0) is 4.79 Å².